The minimum Gasteiger partial charge on any atom is -0.455 e. The lowest BCUT2D eigenvalue weighted by Crippen LogP contribution is -2.21. The molecule has 0 aliphatic heterocycles. The molecule has 140 valence electrons. The Kier molecular flexibility index (Phi) is 5.88. The highest BCUT2D eigenvalue weighted by Crippen LogP contribution is 2.26. The summed E-state index contributed by atoms with van der Waals surface area (Å²) < 4.78 is 23.6. The molecule has 0 fully saturated rings. The van der Waals surface area contributed by atoms with Crippen LogP contribution >= 0.6 is 22.9 Å². The first kappa shape index (κ1) is 19.1. The fraction of sp³-hybridized carbons (Fsp3) is 0.167. The van der Waals surface area contributed by atoms with Crippen molar-refractivity contribution in [3.05, 3.63) is 58.0 Å². The number of carbonyl (C=O) groups is 2. The summed E-state index contributed by atoms with van der Waals surface area (Å²) in [7, 11) is 0. The predicted molar refractivity (Wildman–Crippen MR) is 99.3 cm³/mol. The van der Waals surface area contributed by atoms with Crippen LogP contribution < -0.4 is 5.32 Å². The van der Waals surface area contributed by atoms with Gasteiger partial charge in [-0.05, 0) is 36.6 Å². The summed E-state index contributed by atoms with van der Waals surface area (Å²) in [5.74, 6) is -0.818. The van der Waals surface area contributed by atoms with Crippen molar-refractivity contribution in [2.75, 3.05) is 11.9 Å². The van der Waals surface area contributed by atoms with E-state index >= 15 is 0 Å². The minimum atomic E-state index is -0.614. The van der Waals surface area contributed by atoms with E-state index in [0.717, 1.165) is 10.9 Å². The quantitative estimate of drug-likeness (QED) is 0.617. The standard InChI is InChI=1S/C18H14ClFN2O4S/c1-10-14(22-18(26-10)15-3-2-6-27-15)8-17(24)25-9-16(23)21-11-4-5-13(20)12(19)7-11/h2-7H,8-9H2,1H3,(H,21,23). The number of thiophene rings is 1. The van der Waals surface area contributed by atoms with Gasteiger partial charge in [0.25, 0.3) is 5.91 Å². The molecule has 27 heavy (non-hydrogen) atoms. The van der Waals surface area contributed by atoms with Gasteiger partial charge >= 0.3 is 5.97 Å². The number of benzene rings is 1. The van der Waals surface area contributed by atoms with Gasteiger partial charge in [-0.3, -0.25) is 9.59 Å². The SMILES string of the molecule is Cc1oc(-c2cccs2)nc1CC(=O)OCC(=O)Nc1ccc(F)c(Cl)c1. The third kappa shape index (κ3) is 4.93. The maximum absolute atomic E-state index is 13.1. The number of rotatable bonds is 6. The maximum Gasteiger partial charge on any atom is 0.312 e. The lowest BCUT2D eigenvalue weighted by molar-refractivity contribution is -0.146. The van der Waals surface area contributed by atoms with Crippen LogP contribution in [0.1, 0.15) is 11.5 Å². The van der Waals surface area contributed by atoms with Gasteiger partial charge in [-0.15, -0.1) is 11.3 Å². The Morgan fingerprint density at radius 1 is 1.37 bits per heavy atom. The van der Waals surface area contributed by atoms with Crippen molar-refractivity contribution in [3.63, 3.8) is 0 Å². The normalized spacial score (nSPS) is 10.6. The summed E-state index contributed by atoms with van der Waals surface area (Å²) in [5.41, 5.74) is 0.754. The van der Waals surface area contributed by atoms with E-state index < -0.39 is 24.3 Å². The molecule has 0 saturated heterocycles. The highest BCUT2D eigenvalue weighted by molar-refractivity contribution is 7.13. The number of nitrogens with zero attached hydrogens (tertiary/aromatic N) is 1. The third-order valence-electron chi connectivity index (χ3n) is 3.50. The van der Waals surface area contributed by atoms with Gasteiger partial charge in [-0.2, -0.15) is 0 Å². The first-order valence-corrected chi connectivity index (χ1v) is 9.09. The van der Waals surface area contributed by atoms with Crippen LogP contribution in [-0.2, 0) is 20.7 Å². The van der Waals surface area contributed by atoms with E-state index in [1.54, 1.807) is 6.92 Å². The second-order valence-electron chi connectivity index (χ2n) is 5.51. The lowest BCUT2D eigenvalue weighted by atomic mass is 10.3. The molecule has 3 aromatic rings. The summed E-state index contributed by atoms with van der Waals surface area (Å²) >= 11 is 7.12. The van der Waals surface area contributed by atoms with E-state index in [4.69, 9.17) is 20.8 Å². The Labute approximate surface area is 162 Å². The van der Waals surface area contributed by atoms with Gasteiger partial charge in [0.15, 0.2) is 6.61 Å². The van der Waals surface area contributed by atoms with E-state index in [9.17, 15) is 14.0 Å². The molecule has 0 bridgehead atoms. The topological polar surface area (TPSA) is 81.4 Å². The smallest absolute Gasteiger partial charge is 0.312 e. The number of anilines is 1. The Bertz CT molecular complexity index is 972. The highest BCUT2D eigenvalue weighted by Gasteiger charge is 2.17. The Balaban J connectivity index is 1.52. The summed E-state index contributed by atoms with van der Waals surface area (Å²) in [5, 5.41) is 4.24. The first-order chi connectivity index (χ1) is 12.9. The molecule has 6 nitrogen and oxygen atoms in total. The van der Waals surface area contributed by atoms with Gasteiger partial charge in [0.2, 0.25) is 5.89 Å². The van der Waals surface area contributed by atoms with Crippen molar-refractivity contribution in [2.24, 2.45) is 0 Å². The van der Waals surface area contributed by atoms with Gasteiger partial charge in [-0.25, -0.2) is 9.37 Å². The fourth-order valence-electron chi connectivity index (χ4n) is 2.20. The summed E-state index contributed by atoms with van der Waals surface area (Å²) in [6.07, 6.45) is -0.115. The van der Waals surface area contributed by atoms with Gasteiger partial charge in [0.1, 0.15) is 11.6 Å². The van der Waals surface area contributed by atoms with Crippen LogP contribution in [0.5, 0.6) is 0 Å². The molecular weight excluding hydrogens is 395 g/mol. The fourth-order valence-corrected chi connectivity index (χ4v) is 3.03. The molecular formula is C18H14ClFN2O4S. The van der Waals surface area contributed by atoms with Crippen LogP contribution in [-0.4, -0.2) is 23.5 Å². The number of ether oxygens (including phenoxy) is 1. The second-order valence-corrected chi connectivity index (χ2v) is 6.87. The molecule has 0 radical (unpaired) electrons. The van der Waals surface area contributed by atoms with Crippen LogP contribution in [0.2, 0.25) is 5.02 Å². The number of oxazole rings is 1. The summed E-state index contributed by atoms with van der Waals surface area (Å²) in [6, 6.07) is 7.49. The molecule has 2 heterocycles. The van der Waals surface area contributed by atoms with E-state index in [0.29, 0.717) is 23.0 Å². The van der Waals surface area contributed by atoms with E-state index in [1.807, 2.05) is 17.5 Å². The second kappa shape index (κ2) is 8.32. The maximum atomic E-state index is 13.1. The first-order valence-electron chi connectivity index (χ1n) is 7.83. The van der Waals surface area contributed by atoms with Crippen molar-refractivity contribution >= 4 is 40.5 Å². The van der Waals surface area contributed by atoms with Crippen molar-refractivity contribution in [1.29, 1.82) is 0 Å². The number of halogens is 2. The number of esters is 1. The number of amides is 1. The molecule has 3 rings (SSSR count). The predicted octanol–water partition coefficient (Wildman–Crippen LogP) is 4.23. The molecule has 0 aliphatic carbocycles. The van der Waals surface area contributed by atoms with Crippen molar-refractivity contribution in [2.45, 2.75) is 13.3 Å². The number of carbonyl (C=O) groups excluding carboxylic acids is 2. The van der Waals surface area contributed by atoms with Crippen LogP contribution in [0.25, 0.3) is 10.8 Å². The van der Waals surface area contributed by atoms with Crippen LogP contribution in [0.3, 0.4) is 0 Å². The zero-order valence-electron chi connectivity index (χ0n) is 14.1. The Hall–Kier alpha value is -2.71. The zero-order chi connectivity index (χ0) is 19.4. The molecule has 0 unspecified atom stereocenters. The monoisotopic (exact) mass is 408 g/mol. The van der Waals surface area contributed by atoms with Crippen LogP contribution in [0.15, 0.2) is 40.1 Å². The van der Waals surface area contributed by atoms with E-state index in [-0.39, 0.29) is 11.4 Å². The van der Waals surface area contributed by atoms with Crippen molar-refractivity contribution in [1.82, 2.24) is 4.98 Å². The average molecular weight is 409 g/mol. The number of aryl methyl sites for hydroxylation is 1. The minimum absolute atomic E-state index is 0.115. The molecule has 1 N–H and O–H groups in total. The number of nitrogens with one attached hydrogen (secondary N) is 1. The molecule has 1 amide bonds. The molecule has 0 spiro atoms. The average Bonchev–Trinajstić information content (AvgIpc) is 3.27. The van der Waals surface area contributed by atoms with Gasteiger partial charge in [0, 0.05) is 5.69 Å². The lowest BCUT2D eigenvalue weighted by Gasteiger charge is -2.07. The van der Waals surface area contributed by atoms with Crippen molar-refractivity contribution in [3.8, 4) is 10.8 Å². The molecule has 0 saturated carbocycles. The highest BCUT2D eigenvalue weighted by atomic mass is 35.5. The van der Waals surface area contributed by atoms with Gasteiger partial charge in [-0.1, -0.05) is 17.7 Å². The summed E-state index contributed by atoms with van der Waals surface area (Å²) in [6.45, 7) is 1.22. The molecule has 9 heteroatoms. The number of hydrogen-bond acceptors (Lipinski definition) is 6. The number of aromatic nitrogens is 1. The molecule has 2 aromatic heterocycles. The Morgan fingerprint density at radius 2 is 2.19 bits per heavy atom. The van der Waals surface area contributed by atoms with E-state index in [1.165, 1.54) is 23.5 Å². The number of hydrogen-bond donors (Lipinski definition) is 1. The van der Waals surface area contributed by atoms with E-state index in [2.05, 4.69) is 10.3 Å². The summed E-state index contributed by atoms with van der Waals surface area (Å²) in [4.78, 5) is 29.0. The van der Waals surface area contributed by atoms with Gasteiger partial charge in [0.05, 0.1) is 22.0 Å². The van der Waals surface area contributed by atoms with Gasteiger partial charge < -0.3 is 14.5 Å². The Morgan fingerprint density at radius 3 is 2.89 bits per heavy atom. The largest absolute Gasteiger partial charge is 0.455 e. The molecule has 0 aliphatic rings. The molecule has 1 aromatic carbocycles. The zero-order valence-corrected chi connectivity index (χ0v) is 15.7. The van der Waals surface area contributed by atoms with Crippen molar-refractivity contribution < 1.29 is 23.1 Å². The third-order valence-corrected chi connectivity index (χ3v) is 4.65. The molecule has 0 atom stereocenters. The van der Waals surface area contributed by atoms with Crippen LogP contribution in [0.4, 0.5) is 10.1 Å². The van der Waals surface area contributed by atoms with Crippen LogP contribution in [0, 0.1) is 12.7 Å².